The van der Waals surface area contributed by atoms with E-state index in [0.29, 0.717) is 0 Å². The van der Waals surface area contributed by atoms with E-state index in [4.69, 9.17) is 10.2 Å². The maximum absolute atomic E-state index is 8.84. The molecule has 3 N–H and O–H groups in total. The van der Waals surface area contributed by atoms with Gasteiger partial charge in [-0.05, 0) is 25.5 Å². The summed E-state index contributed by atoms with van der Waals surface area (Å²) in [6.07, 6.45) is 0.915. The van der Waals surface area contributed by atoms with E-state index in [2.05, 4.69) is 30.4 Å². The van der Waals surface area contributed by atoms with Gasteiger partial charge in [0.1, 0.15) is 0 Å². The van der Waals surface area contributed by atoms with E-state index in [9.17, 15) is 0 Å². The summed E-state index contributed by atoms with van der Waals surface area (Å²) in [4.78, 5) is 0. The molecule has 0 saturated carbocycles. The smallest absolute Gasteiger partial charge is 0.0607 e. The SMILES string of the molecule is Cc1cccc(CCNC(CO)CO)c1. The molecule has 84 valence electrons. The molecule has 0 saturated heterocycles. The van der Waals surface area contributed by atoms with E-state index in [-0.39, 0.29) is 19.3 Å². The van der Waals surface area contributed by atoms with E-state index in [1.165, 1.54) is 11.1 Å². The average Bonchev–Trinajstić information content (AvgIpc) is 2.25. The minimum absolute atomic E-state index is 0.0235. The summed E-state index contributed by atoms with van der Waals surface area (Å²) in [6, 6.07) is 8.15. The first-order chi connectivity index (χ1) is 7.26. The maximum Gasteiger partial charge on any atom is 0.0607 e. The van der Waals surface area contributed by atoms with Crippen molar-refractivity contribution in [3.63, 3.8) is 0 Å². The fourth-order valence-electron chi connectivity index (χ4n) is 1.48. The van der Waals surface area contributed by atoms with E-state index in [1.807, 2.05) is 6.07 Å². The van der Waals surface area contributed by atoms with Gasteiger partial charge >= 0.3 is 0 Å². The van der Waals surface area contributed by atoms with Gasteiger partial charge in [0.15, 0.2) is 0 Å². The van der Waals surface area contributed by atoms with E-state index in [1.54, 1.807) is 0 Å². The molecular weight excluding hydrogens is 190 g/mol. The normalized spacial score (nSPS) is 10.9. The van der Waals surface area contributed by atoms with Crippen LogP contribution in [-0.2, 0) is 6.42 Å². The monoisotopic (exact) mass is 209 g/mol. The molecule has 0 heterocycles. The van der Waals surface area contributed by atoms with E-state index >= 15 is 0 Å². The Kier molecular flexibility index (Phi) is 5.32. The van der Waals surface area contributed by atoms with Crippen molar-refractivity contribution in [2.75, 3.05) is 19.8 Å². The predicted molar refractivity (Wildman–Crippen MR) is 60.8 cm³/mol. The quantitative estimate of drug-likeness (QED) is 0.639. The topological polar surface area (TPSA) is 52.5 Å². The Morgan fingerprint density at radius 2 is 2.00 bits per heavy atom. The highest BCUT2D eigenvalue weighted by Gasteiger charge is 2.03. The van der Waals surface area contributed by atoms with Crippen LogP contribution < -0.4 is 5.32 Å². The first-order valence-electron chi connectivity index (χ1n) is 5.27. The van der Waals surface area contributed by atoms with Crippen LogP contribution in [0.2, 0.25) is 0 Å². The number of hydrogen-bond donors (Lipinski definition) is 3. The number of aliphatic hydroxyl groups is 2. The molecule has 0 atom stereocenters. The van der Waals surface area contributed by atoms with Gasteiger partial charge in [-0.3, -0.25) is 0 Å². The highest BCUT2D eigenvalue weighted by molar-refractivity contribution is 5.22. The molecule has 0 aliphatic heterocycles. The van der Waals surface area contributed by atoms with Crippen molar-refractivity contribution in [2.24, 2.45) is 0 Å². The number of aliphatic hydroxyl groups excluding tert-OH is 2. The van der Waals surface area contributed by atoms with Crippen LogP contribution in [0, 0.1) is 6.92 Å². The summed E-state index contributed by atoms with van der Waals surface area (Å²) in [7, 11) is 0. The van der Waals surface area contributed by atoms with Crippen LogP contribution in [0.15, 0.2) is 24.3 Å². The van der Waals surface area contributed by atoms with Crippen molar-refractivity contribution >= 4 is 0 Å². The third-order valence-corrected chi connectivity index (χ3v) is 2.37. The third-order valence-electron chi connectivity index (χ3n) is 2.37. The van der Waals surface area contributed by atoms with Gasteiger partial charge in [0.2, 0.25) is 0 Å². The molecule has 0 unspecified atom stereocenters. The standard InChI is InChI=1S/C12H19NO2/c1-10-3-2-4-11(7-10)5-6-13-12(8-14)9-15/h2-4,7,12-15H,5-6,8-9H2,1H3. The van der Waals surface area contributed by atoms with Crippen molar-refractivity contribution in [1.29, 1.82) is 0 Å². The lowest BCUT2D eigenvalue weighted by molar-refractivity contribution is 0.171. The summed E-state index contributed by atoms with van der Waals surface area (Å²) < 4.78 is 0. The molecule has 0 aliphatic rings. The van der Waals surface area contributed by atoms with E-state index < -0.39 is 0 Å². The Labute approximate surface area is 90.8 Å². The molecular formula is C12H19NO2. The number of benzene rings is 1. The van der Waals surface area contributed by atoms with Crippen molar-refractivity contribution in [1.82, 2.24) is 5.32 Å². The van der Waals surface area contributed by atoms with Crippen LogP contribution in [0.1, 0.15) is 11.1 Å². The molecule has 0 bridgehead atoms. The van der Waals surface area contributed by atoms with Gasteiger partial charge in [-0.2, -0.15) is 0 Å². The Morgan fingerprint density at radius 1 is 1.27 bits per heavy atom. The van der Waals surface area contributed by atoms with Gasteiger partial charge in [0, 0.05) is 0 Å². The highest BCUT2D eigenvalue weighted by atomic mass is 16.3. The van der Waals surface area contributed by atoms with Crippen LogP contribution in [0.5, 0.6) is 0 Å². The summed E-state index contributed by atoms with van der Waals surface area (Å²) >= 11 is 0. The van der Waals surface area contributed by atoms with Gasteiger partial charge in [-0.1, -0.05) is 29.8 Å². The van der Waals surface area contributed by atoms with Crippen LogP contribution in [0.25, 0.3) is 0 Å². The number of rotatable bonds is 6. The molecule has 1 aromatic carbocycles. The molecule has 0 fully saturated rings. The Morgan fingerprint density at radius 3 is 2.60 bits per heavy atom. The van der Waals surface area contributed by atoms with Crippen LogP contribution in [0.4, 0.5) is 0 Å². The second kappa shape index (κ2) is 6.56. The molecule has 0 aliphatic carbocycles. The number of nitrogens with one attached hydrogen (secondary N) is 1. The maximum atomic E-state index is 8.84. The molecule has 15 heavy (non-hydrogen) atoms. The zero-order valence-electron chi connectivity index (χ0n) is 9.11. The van der Waals surface area contributed by atoms with Gasteiger partial charge in [0.25, 0.3) is 0 Å². The first-order valence-corrected chi connectivity index (χ1v) is 5.27. The van der Waals surface area contributed by atoms with Crippen LogP contribution in [0.3, 0.4) is 0 Å². The first kappa shape index (κ1) is 12.2. The zero-order valence-corrected chi connectivity index (χ0v) is 9.11. The summed E-state index contributed by atoms with van der Waals surface area (Å²) in [5, 5.41) is 20.8. The predicted octanol–water partition coefficient (Wildman–Crippen LogP) is 0.480. The lowest BCUT2D eigenvalue weighted by Gasteiger charge is -2.12. The van der Waals surface area contributed by atoms with Crippen LogP contribution in [-0.4, -0.2) is 36.0 Å². The number of aryl methyl sites for hydroxylation is 1. The van der Waals surface area contributed by atoms with Crippen molar-refractivity contribution in [2.45, 2.75) is 19.4 Å². The molecule has 0 aromatic heterocycles. The van der Waals surface area contributed by atoms with Gasteiger partial charge < -0.3 is 15.5 Å². The van der Waals surface area contributed by atoms with Gasteiger partial charge in [0.05, 0.1) is 19.3 Å². The second-order valence-electron chi connectivity index (χ2n) is 3.76. The Balaban J connectivity index is 2.31. The summed E-state index contributed by atoms with van der Waals surface area (Å²) in [5.74, 6) is 0. The Hall–Kier alpha value is -0.900. The minimum Gasteiger partial charge on any atom is -0.395 e. The molecule has 0 amide bonds. The molecule has 3 heteroatoms. The molecule has 1 aromatic rings. The fourth-order valence-corrected chi connectivity index (χ4v) is 1.48. The third kappa shape index (κ3) is 4.42. The van der Waals surface area contributed by atoms with Gasteiger partial charge in [-0.15, -0.1) is 0 Å². The Bertz CT molecular complexity index is 285. The van der Waals surface area contributed by atoms with Crippen molar-refractivity contribution < 1.29 is 10.2 Å². The number of hydrogen-bond acceptors (Lipinski definition) is 3. The molecule has 3 nitrogen and oxygen atoms in total. The largest absolute Gasteiger partial charge is 0.395 e. The summed E-state index contributed by atoms with van der Waals surface area (Å²) in [6.45, 7) is 2.80. The molecule has 0 spiro atoms. The molecule has 1 rings (SSSR count). The van der Waals surface area contributed by atoms with Crippen molar-refractivity contribution in [3.8, 4) is 0 Å². The average molecular weight is 209 g/mol. The fraction of sp³-hybridized carbons (Fsp3) is 0.500. The van der Waals surface area contributed by atoms with Gasteiger partial charge in [-0.25, -0.2) is 0 Å². The summed E-state index contributed by atoms with van der Waals surface area (Å²) in [5.41, 5.74) is 2.53. The van der Waals surface area contributed by atoms with E-state index in [0.717, 1.165) is 13.0 Å². The molecule has 0 radical (unpaired) electrons. The lowest BCUT2D eigenvalue weighted by Crippen LogP contribution is -2.36. The highest BCUT2D eigenvalue weighted by Crippen LogP contribution is 2.03. The second-order valence-corrected chi connectivity index (χ2v) is 3.76. The van der Waals surface area contributed by atoms with Crippen molar-refractivity contribution in [3.05, 3.63) is 35.4 Å². The lowest BCUT2D eigenvalue weighted by atomic mass is 10.1. The minimum atomic E-state index is -0.199. The zero-order chi connectivity index (χ0) is 11.1. The van der Waals surface area contributed by atoms with Crippen LogP contribution >= 0.6 is 0 Å².